The van der Waals surface area contributed by atoms with Crippen molar-refractivity contribution in [2.75, 3.05) is 0 Å². The largest absolute Gasteiger partial charge is 0.409 e. The van der Waals surface area contributed by atoms with Crippen molar-refractivity contribution in [3.8, 4) is 0 Å². The molecule has 0 radical (unpaired) electrons. The van der Waals surface area contributed by atoms with E-state index in [-0.39, 0.29) is 17.8 Å². The zero-order chi connectivity index (χ0) is 15.9. The third kappa shape index (κ3) is 3.71. The van der Waals surface area contributed by atoms with Gasteiger partial charge in [0.25, 0.3) is 0 Å². The molecule has 1 heterocycles. The van der Waals surface area contributed by atoms with Gasteiger partial charge in [0.15, 0.2) is 5.84 Å². The Hall–Kier alpha value is -2.12. The molecule has 0 saturated carbocycles. The summed E-state index contributed by atoms with van der Waals surface area (Å²) in [4.78, 5) is 16.7. The first-order valence-electron chi connectivity index (χ1n) is 7.16. The van der Waals surface area contributed by atoms with E-state index in [4.69, 9.17) is 10.9 Å². The van der Waals surface area contributed by atoms with Crippen LogP contribution in [-0.2, 0) is 4.79 Å². The number of hydrogen-bond donors (Lipinski definition) is 4. The molecule has 0 bridgehead atoms. The number of hydrogen-bond acceptors (Lipinski definition) is 5. The van der Waals surface area contributed by atoms with Crippen LogP contribution < -0.4 is 11.1 Å². The highest BCUT2D eigenvalue weighted by molar-refractivity contribution is 6.06. The van der Waals surface area contributed by atoms with E-state index in [1.165, 1.54) is 6.33 Å². The number of aromatic amines is 1. The smallest absolute Gasteiger partial charge is 0.234 e. The summed E-state index contributed by atoms with van der Waals surface area (Å²) in [5.74, 6) is 0.253. The molecule has 0 aliphatic carbocycles. The van der Waals surface area contributed by atoms with E-state index >= 15 is 0 Å². The molecule has 1 rings (SSSR count). The van der Waals surface area contributed by atoms with Crippen LogP contribution in [0.25, 0.3) is 0 Å². The maximum atomic E-state index is 12.7. The Morgan fingerprint density at radius 3 is 2.57 bits per heavy atom. The molecular weight excluding hydrogens is 272 g/mol. The highest BCUT2D eigenvalue weighted by Gasteiger charge is 2.42. The zero-order valence-corrected chi connectivity index (χ0v) is 12.8. The number of carbonyl (C=O) groups excluding carboxylic acids is 1. The van der Waals surface area contributed by atoms with E-state index in [2.05, 4.69) is 25.7 Å². The Labute approximate surface area is 124 Å². The molecule has 1 aromatic heterocycles. The third-order valence-corrected chi connectivity index (χ3v) is 3.58. The van der Waals surface area contributed by atoms with Crippen molar-refractivity contribution in [2.45, 2.75) is 52.5 Å². The van der Waals surface area contributed by atoms with Gasteiger partial charge in [-0.2, -0.15) is 5.10 Å². The van der Waals surface area contributed by atoms with E-state index in [0.717, 1.165) is 12.8 Å². The summed E-state index contributed by atoms with van der Waals surface area (Å²) in [6.07, 6.45) is 3.92. The Morgan fingerprint density at radius 1 is 1.52 bits per heavy atom. The third-order valence-electron chi connectivity index (χ3n) is 3.58. The molecule has 0 aliphatic heterocycles. The minimum atomic E-state index is -0.994. The fourth-order valence-electron chi connectivity index (χ4n) is 2.50. The molecule has 0 saturated heterocycles. The highest BCUT2D eigenvalue weighted by atomic mass is 16.4. The summed E-state index contributed by atoms with van der Waals surface area (Å²) in [7, 11) is 0. The van der Waals surface area contributed by atoms with Crippen molar-refractivity contribution in [1.82, 2.24) is 20.5 Å². The molecule has 118 valence electrons. The molecule has 8 nitrogen and oxygen atoms in total. The van der Waals surface area contributed by atoms with E-state index in [0.29, 0.717) is 18.7 Å². The molecule has 1 unspecified atom stereocenters. The topological polar surface area (TPSA) is 129 Å². The lowest BCUT2D eigenvalue weighted by atomic mass is 9.77. The number of amidine groups is 1. The summed E-state index contributed by atoms with van der Waals surface area (Å²) in [6.45, 7) is 5.72. The van der Waals surface area contributed by atoms with Gasteiger partial charge >= 0.3 is 0 Å². The monoisotopic (exact) mass is 296 g/mol. The average molecular weight is 296 g/mol. The van der Waals surface area contributed by atoms with Gasteiger partial charge in [0, 0.05) is 0 Å². The predicted molar refractivity (Wildman–Crippen MR) is 78.6 cm³/mol. The predicted octanol–water partition coefficient (Wildman–Crippen LogP) is 1.31. The minimum absolute atomic E-state index is 0.0477. The molecule has 5 N–H and O–H groups in total. The van der Waals surface area contributed by atoms with E-state index < -0.39 is 5.41 Å². The van der Waals surface area contributed by atoms with Crippen LogP contribution in [0.2, 0.25) is 0 Å². The summed E-state index contributed by atoms with van der Waals surface area (Å²) in [6, 6.07) is -0.334. The first kappa shape index (κ1) is 16.9. The van der Waals surface area contributed by atoms with Gasteiger partial charge in [-0.15, -0.1) is 0 Å². The van der Waals surface area contributed by atoms with E-state index in [1.807, 2.05) is 13.8 Å². The van der Waals surface area contributed by atoms with Crippen LogP contribution in [0, 0.1) is 5.41 Å². The molecule has 0 fully saturated rings. The normalized spacial score (nSPS) is 14.0. The van der Waals surface area contributed by atoms with Crippen LogP contribution in [0.1, 0.15) is 58.3 Å². The summed E-state index contributed by atoms with van der Waals surface area (Å²) < 4.78 is 0. The maximum absolute atomic E-state index is 12.7. The van der Waals surface area contributed by atoms with E-state index in [1.54, 1.807) is 6.92 Å². The quantitative estimate of drug-likeness (QED) is 0.249. The molecule has 0 aromatic carbocycles. The number of nitrogens with one attached hydrogen (secondary N) is 2. The Morgan fingerprint density at radius 2 is 2.14 bits per heavy atom. The van der Waals surface area contributed by atoms with E-state index in [9.17, 15) is 4.79 Å². The lowest BCUT2D eigenvalue weighted by Crippen LogP contribution is -2.50. The van der Waals surface area contributed by atoms with Gasteiger partial charge in [-0.1, -0.05) is 31.8 Å². The van der Waals surface area contributed by atoms with Crippen LogP contribution in [-0.4, -0.2) is 32.1 Å². The first-order chi connectivity index (χ1) is 10.0. The van der Waals surface area contributed by atoms with Crippen LogP contribution in [0.3, 0.4) is 0 Å². The van der Waals surface area contributed by atoms with Gasteiger partial charge in [0.1, 0.15) is 17.6 Å². The molecule has 1 aromatic rings. The van der Waals surface area contributed by atoms with Crippen molar-refractivity contribution < 1.29 is 10.0 Å². The summed E-state index contributed by atoms with van der Waals surface area (Å²) in [5.41, 5.74) is 4.83. The first-order valence-corrected chi connectivity index (χ1v) is 7.16. The van der Waals surface area contributed by atoms with Gasteiger partial charge in [0.05, 0.1) is 6.04 Å². The molecule has 1 amide bonds. The van der Waals surface area contributed by atoms with Gasteiger partial charge in [0.2, 0.25) is 5.91 Å². The minimum Gasteiger partial charge on any atom is -0.409 e. The van der Waals surface area contributed by atoms with Crippen molar-refractivity contribution >= 4 is 11.7 Å². The molecular formula is C13H24N6O2. The number of amides is 1. The number of rotatable bonds is 8. The molecule has 21 heavy (non-hydrogen) atoms. The second kappa shape index (κ2) is 7.61. The molecule has 1 atom stereocenters. The SMILES string of the molecule is CCCC(CCC)(C(=O)NC(C)c1ncn[nH]1)C(N)=NO. The van der Waals surface area contributed by atoms with Crippen molar-refractivity contribution in [3.63, 3.8) is 0 Å². The summed E-state index contributed by atoms with van der Waals surface area (Å²) >= 11 is 0. The van der Waals surface area contributed by atoms with Gasteiger partial charge in [-0.25, -0.2) is 4.98 Å². The molecule has 0 spiro atoms. The number of oxime groups is 1. The van der Waals surface area contributed by atoms with Crippen LogP contribution in [0.5, 0.6) is 0 Å². The van der Waals surface area contributed by atoms with Crippen molar-refractivity contribution in [1.29, 1.82) is 0 Å². The standard InChI is InChI=1S/C13H24N6O2/c1-4-6-13(7-5-2,11(14)19-21)12(20)17-9(3)10-15-8-16-18-10/h8-9,21H,4-7H2,1-3H3,(H2,14,19)(H,17,20)(H,15,16,18). The Bertz CT molecular complexity index is 465. The van der Waals surface area contributed by atoms with Gasteiger partial charge < -0.3 is 16.3 Å². The fraction of sp³-hybridized carbons (Fsp3) is 0.692. The maximum Gasteiger partial charge on any atom is 0.234 e. The lowest BCUT2D eigenvalue weighted by molar-refractivity contribution is -0.129. The van der Waals surface area contributed by atoms with Crippen molar-refractivity contribution in [3.05, 3.63) is 12.2 Å². The van der Waals surface area contributed by atoms with Crippen molar-refractivity contribution in [2.24, 2.45) is 16.3 Å². The highest BCUT2D eigenvalue weighted by Crippen LogP contribution is 2.31. The van der Waals surface area contributed by atoms with Crippen LogP contribution >= 0.6 is 0 Å². The summed E-state index contributed by atoms with van der Waals surface area (Å²) in [5, 5.41) is 21.5. The Balaban J connectivity index is 2.98. The number of nitrogens with two attached hydrogens (primary N) is 1. The number of carbonyl (C=O) groups is 1. The second-order valence-corrected chi connectivity index (χ2v) is 5.13. The lowest BCUT2D eigenvalue weighted by Gasteiger charge is -2.31. The van der Waals surface area contributed by atoms with Gasteiger partial charge in [-0.05, 0) is 19.8 Å². The number of H-pyrrole nitrogens is 1. The Kier molecular flexibility index (Phi) is 6.13. The fourth-order valence-corrected chi connectivity index (χ4v) is 2.50. The molecule has 8 heteroatoms. The van der Waals surface area contributed by atoms with Crippen LogP contribution in [0.15, 0.2) is 11.5 Å². The van der Waals surface area contributed by atoms with Gasteiger partial charge in [-0.3, -0.25) is 9.89 Å². The molecule has 0 aliphatic rings. The second-order valence-electron chi connectivity index (χ2n) is 5.13. The average Bonchev–Trinajstić information content (AvgIpc) is 3.00. The number of nitrogens with zero attached hydrogens (tertiary/aromatic N) is 3. The zero-order valence-electron chi connectivity index (χ0n) is 12.8. The van der Waals surface area contributed by atoms with Crippen LogP contribution in [0.4, 0.5) is 0 Å². The number of aromatic nitrogens is 3.